The van der Waals surface area contributed by atoms with Gasteiger partial charge in [-0.25, -0.2) is 19.1 Å². The van der Waals surface area contributed by atoms with Crippen LogP contribution in [0.15, 0.2) is 18.2 Å². The van der Waals surface area contributed by atoms with Gasteiger partial charge in [-0.3, -0.25) is 5.32 Å². The maximum Gasteiger partial charge on any atom is 0.418 e. The zero-order valence-corrected chi connectivity index (χ0v) is 15.3. The SMILES string of the molecule is CC(C)N(C)c1nc2ccc(NC(=O)OC(C)(C)C)cc2n1C(=O)O. The van der Waals surface area contributed by atoms with E-state index in [4.69, 9.17) is 4.74 Å². The van der Waals surface area contributed by atoms with Crippen molar-refractivity contribution in [1.29, 1.82) is 0 Å². The summed E-state index contributed by atoms with van der Waals surface area (Å²) >= 11 is 0. The fourth-order valence-corrected chi connectivity index (χ4v) is 2.22. The molecule has 1 amide bonds. The maximum atomic E-state index is 11.9. The number of benzene rings is 1. The van der Waals surface area contributed by atoms with Crippen LogP contribution in [0, 0.1) is 0 Å². The minimum absolute atomic E-state index is 0.0780. The summed E-state index contributed by atoms with van der Waals surface area (Å²) in [5.41, 5.74) is 0.732. The smallest absolute Gasteiger partial charge is 0.418 e. The Hall–Kier alpha value is -2.77. The number of carbonyl (C=O) groups is 2. The Balaban J connectivity index is 2.43. The van der Waals surface area contributed by atoms with Crippen LogP contribution in [0.1, 0.15) is 34.6 Å². The number of hydrogen-bond donors (Lipinski definition) is 2. The fraction of sp³-hybridized carbons (Fsp3) is 0.471. The standard InChI is InChI=1S/C17H24N4O4/c1-10(2)20(6)14-19-12-8-7-11(9-13(12)21(14)16(23)24)18-15(22)25-17(3,4)5/h7-10H,1-6H3,(H,18,22)(H,23,24). The molecule has 0 atom stereocenters. The van der Waals surface area contributed by atoms with E-state index in [1.165, 1.54) is 0 Å². The second-order valence-corrected chi connectivity index (χ2v) is 7.06. The topological polar surface area (TPSA) is 96.7 Å². The average Bonchev–Trinajstić information content (AvgIpc) is 2.82. The third-order valence-corrected chi connectivity index (χ3v) is 3.56. The van der Waals surface area contributed by atoms with E-state index in [2.05, 4.69) is 10.3 Å². The van der Waals surface area contributed by atoms with Gasteiger partial charge in [0.1, 0.15) is 5.60 Å². The molecule has 0 aliphatic heterocycles. The number of hydrogen-bond acceptors (Lipinski definition) is 5. The van der Waals surface area contributed by atoms with Crippen molar-refractivity contribution in [2.45, 2.75) is 46.3 Å². The monoisotopic (exact) mass is 348 g/mol. The molecule has 0 unspecified atom stereocenters. The molecule has 136 valence electrons. The molecule has 0 spiro atoms. The Morgan fingerprint density at radius 2 is 1.96 bits per heavy atom. The molecule has 0 bridgehead atoms. The Morgan fingerprint density at radius 1 is 1.32 bits per heavy atom. The third-order valence-electron chi connectivity index (χ3n) is 3.56. The van der Waals surface area contributed by atoms with Gasteiger partial charge in [-0.2, -0.15) is 0 Å². The number of imidazole rings is 1. The molecule has 25 heavy (non-hydrogen) atoms. The number of rotatable bonds is 3. The molecule has 0 saturated carbocycles. The van der Waals surface area contributed by atoms with Crippen LogP contribution in [0.5, 0.6) is 0 Å². The van der Waals surface area contributed by atoms with Gasteiger partial charge in [0.2, 0.25) is 5.95 Å². The van der Waals surface area contributed by atoms with Gasteiger partial charge < -0.3 is 14.7 Å². The summed E-state index contributed by atoms with van der Waals surface area (Å²) in [6.07, 6.45) is -1.74. The highest BCUT2D eigenvalue weighted by Gasteiger charge is 2.22. The van der Waals surface area contributed by atoms with Gasteiger partial charge in [-0.1, -0.05) is 0 Å². The zero-order valence-electron chi connectivity index (χ0n) is 15.3. The molecule has 2 N–H and O–H groups in total. The Labute approximate surface area is 146 Å². The predicted octanol–water partition coefficient (Wildman–Crippen LogP) is 3.75. The van der Waals surface area contributed by atoms with Gasteiger partial charge in [-0.05, 0) is 52.8 Å². The highest BCUT2D eigenvalue weighted by atomic mass is 16.6. The third kappa shape index (κ3) is 4.20. The van der Waals surface area contributed by atoms with Crippen molar-refractivity contribution in [3.63, 3.8) is 0 Å². The summed E-state index contributed by atoms with van der Waals surface area (Å²) in [4.78, 5) is 29.8. The van der Waals surface area contributed by atoms with E-state index < -0.39 is 17.8 Å². The number of carboxylic acid groups (broad SMARTS) is 1. The van der Waals surface area contributed by atoms with E-state index in [1.807, 2.05) is 13.8 Å². The first-order valence-corrected chi connectivity index (χ1v) is 7.98. The minimum atomic E-state index is -1.14. The Bertz CT molecular complexity index is 805. The van der Waals surface area contributed by atoms with Crippen molar-refractivity contribution >= 4 is 34.9 Å². The maximum absolute atomic E-state index is 11.9. The van der Waals surface area contributed by atoms with Crippen molar-refractivity contribution in [2.24, 2.45) is 0 Å². The fourth-order valence-electron chi connectivity index (χ4n) is 2.22. The van der Waals surface area contributed by atoms with Gasteiger partial charge in [0.05, 0.1) is 11.0 Å². The van der Waals surface area contributed by atoms with Gasteiger partial charge in [0.25, 0.3) is 0 Å². The number of ether oxygens (including phenoxy) is 1. The number of amides is 1. The van der Waals surface area contributed by atoms with Gasteiger partial charge >= 0.3 is 12.2 Å². The van der Waals surface area contributed by atoms with Crippen LogP contribution in [0.3, 0.4) is 0 Å². The molecule has 8 heteroatoms. The first-order valence-electron chi connectivity index (χ1n) is 7.98. The zero-order chi connectivity index (χ0) is 18.9. The summed E-state index contributed by atoms with van der Waals surface area (Å²) in [6, 6.07) is 4.97. The molecular weight excluding hydrogens is 324 g/mol. The number of nitrogens with one attached hydrogen (secondary N) is 1. The second kappa shape index (κ2) is 6.62. The summed E-state index contributed by atoms with van der Waals surface area (Å²) in [5, 5.41) is 12.2. The molecule has 0 aliphatic rings. The molecule has 2 rings (SSSR count). The van der Waals surface area contributed by atoms with Crippen molar-refractivity contribution in [3.8, 4) is 0 Å². The molecule has 0 fully saturated rings. The lowest BCUT2D eigenvalue weighted by Gasteiger charge is -2.22. The summed E-state index contributed by atoms with van der Waals surface area (Å²) in [7, 11) is 1.78. The number of anilines is 2. The van der Waals surface area contributed by atoms with Crippen LogP contribution in [0.25, 0.3) is 11.0 Å². The van der Waals surface area contributed by atoms with Crippen LogP contribution in [-0.2, 0) is 4.74 Å². The molecular formula is C17H24N4O4. The number of aromatic nitrogens is 2. The van der Waals surface area contributed by atoms with Gasteiger partial charge in [-0.15, -0.1) is 0 Å². The molecule has 8 nitrogen and oxygen atoms in total. The summed E-state index contributed by atoms with van der Waals surface area (Å²) in [6.45, 7) is 9.19. The van der Waals surface area contributed by atoms with Crippen molar-refractivity contribution < 1.29 is 19.4 Å². The lowest BCUT2D eigenvalue weighted by atomic mass is 10.2. The number of nitrogens with zero attached hydrogens (tertiary/aromatic N) is 3. The first-order chi connectivity index (χ1) is 11.5. The normalized spacial score (nSPS) is 11.6. The minimum Gasteiger partial charge on any atom is -0.464 e. The van der Waals surface area contributed by atoms with Crippen molar-refractivity contribution in [3.05, 3.63) is 18.2 Å². The number of carbonyl (C=O) groups excluding carboxylic acids is 1. The highest BCUT2D eigenvalue weighted by Crippen LogP contribution is 2.26. The van der Waals surface area contributed by atoms with E-state index in [9.17, 15) is 14.7 Å². The van der Waals surface area contributed by atoms with E-state index >= 15 is 0 Å². The first kappa shape index (κ1) is 18.6. The van der Waals surface area contributed by atoms with E-state index in [0.717, 1.165) is 4.57 Å². The predicted molar refractivity (Wildman–Crippen MR) is 96.6 cm³/mol. The molecule has 2 aromatic rings. The molecule has 1 aromatic carbocycles. The highest BCUT2D eigenvalue weighted by molar-refractivity contribution is 5.94. The quantitative estimate of drug-likeness (QED) is 0.877. The average molecular weight is 348 g/mol. The van der Waals surface area contributed by atoms with E-state index in [-0.39, 0.29) is 6.04 Å². The van der Waals surface area contributed by atoms with E-state index in [0.29, 0.717) is 22.7 Å². The van der Waals surface area contributed by atoms with Crippen LogP contribution in [0.2, 0.25) is 0 Å². The number of fused-ring (bicyclic) bond motifs is 1. The molecule has 1 heterocycles. The molecule has 1 aromatic heterocycles. The van der Waals surface area contributed by atoms with Crippen LogP contribution >= 0.6 is 0 Å². The second-order valence-electron chi connectivity index (χ2n) is 7.06. The molecule has 0 radical (unpaired) electrons. The van der Waals surface area contributed by atoms with Crippen LogP contribution < -0.4 is 10.2 Å². The van der Waals surface area contributed by atoms with Crippen LogP contribution in [0.4, 0.5) is 21.2 Å². The Kier molecular flexibility index (Phi) is 4.92. The lowest BCUT2D eigenvalue weighted by molar-refractivity contribution is 0.0636. The van der Waals surface area contributed by atoms with Crippen molar-refractivity contribution in [1.82, 2.24) is 9.55 Å². The lowest BCUT2D eigenvalue weighted by Crippen LogP contribution is -2.30. The van der Waals surface area contributed by atoms with Gasteiger partial charge in [0, 0.05) is 18.8 Å². The molecule has 0 aliphatic carbocycles. The van der Waals surface area contributed by atoms with Crippen molar-refractivity contribution in [2.75, 3.05) is 17.3 Å². The Morgan fingerprint density at radius 3 is 2.48 bits per heavy atom. The van der Waals surface area contributed by atoms with Crippen LogP contribution in [-0.4, -0.2) is 45.5 Å². The van der Waals surface area contributed by atoms with E-state index in [1.54, 1.807) is 50.9 Å². The largest absolute Gasteiger partial charge is 0.464 e. The van der Waals surface area contributed by atoms with Gasteiger partial charge in [0.15, 0.2) is 0 Å². The molecule has 0 saturated heterocycles. The summed E-state index contributed by atoms with van der Waals surface area (Å²) < 4.78 is 6.32. The summed E-state index contributed by atoms with van der Waals surface area (Å²) in [5.74, 6) is 0.326.